The van der Waals surface area contributed by atoms with Crippen molar-refractivity contribution < 1.29 is 27.3 Å². The van der Waals surface area contributed by atoms with Crippen molar-refractivity contribution in [1.29, 1.82) is 0 Å². The number of benzene rings is 2. The van der Waals surface area contributed by atoms with Crippen LogP contribution in [0.15, 0.2) is 59.0 Å². The van der Waals surface area contributed by atoms with Crippen LogP contribution in [0.1, 0.15) is 16.1 Å². The van der Waals surface area contributed by atoms with Crippen LogP contribution in [-0.4, -0.2) is 47.0 Å². The van der Waals surface area contributed by atoms with E-state index < -0.39 is 28.3 Å². The standard InChI is InChI=1S/C23H18ClF3N4O4S/c24-16-3-1-2-14(12-16)19-6-7-20(35-19)21(32)28-22(36)30-10-8-29(9-11-30)17-5-4-15(23(25,26)27)13-18(17)31(33)34/h1-7,12-13H,8-11H2,(H,28,32,36). The Hall–Kier alpha value is -3.64. The van der Waals surface area contributed by atoms with Crippen molar-refractivity contribution in [2.45, 2.75) is 6.18 Å². The third kappa shape index (κ3) is 5.60. The van der Waals surface area contributed by atoms with Crippen molar-refractivity contribution >= 4 is 46.2 Å². The summed E-state index contributed by atoms with van der Waals surface area (Å²) in [7, 11) is 0. The Balaban J connectivity index is 1.38. The molecule has 4 rings (SSSR count). The SMILES string of the molecule is O=C(NC(=S)N1CCN(c2ccc(C(F)(F)F)cc2[N+](=O)[O-])CC1)c1ccc(-c2cccc(Cl)c2)o1. The number of furan rings is 1. The predicted molar refractivity (Wildman–Crippen MR) is 131 cm³/mol. The van der Waals surface area contributed by atoms with E-state index >= 15 is 0 Å². The van der Waals surface area contributed by atoms with Crippen molar-refractivity contribution in [3.8, 4) is 11.3 Å². The van der Waals surface area contributed by atoms with E-state index in [0.717, 1.165) is 12.1 Å². The Morgan fingerprint density at radius 3 is 2.44 bits per heavy atom. The van der Waals surface area contributed by atoms with E-state index in [0.29, 0.717) is 35.5 Å². The summed E-state index contributed by atoms with van der Waals surface area (Å²) in [5, 5.41) is 14.7. The minimum absolute atomic E-state index is 0.0475. The van der Waals surface area contributed by atoms with Crippen LogP contribution in [0.2, 0.25) is 5.02 Å². The number of hydrogen-bond acceptors (Lipinski definition) is 6. The molecule has 0 saturated carbocycles. The second-order valence-electron chi connectivity index (χ2n) is 7.87. The number of thiocarbonyl (C=S) groups is 1. The van der Waals surface area contributed by atoms with E-state index in [1.54, 1.807) is 40.1 Å². The van der Waals surface area contributed by atoms with Crippen molar-refractivity contribution in [2.24, 2.45) is 0 Å². The first-order valence-electron chi connectivity index (χ1n) is 10.6. The molecule has 2 aromatic carbocycles. The van der Waals surface area contributed by atoms with Gasteiger partial charge in [-0.2, -0.15) is 13.2 Å². The molecule has 1 aliphatic rings. The summed E-state index contributed by atoms with van der Waals surface area (Å²) in [5.41, 5.74) is -0.913. The maximum absolute atomic E-state index is 13.0. The fraction of sp³-hybridized carbons (Fsp3) is 0.217. The molecule has 1 aromatic heterocycles. The van der Waals surface area contributed by atoms with E-state index in [2.05, 4.69) is 5.32 Å². The number of alkyl halides is 3. The van der Waals surface area contributed by atoms with Gasteiger partial charge < -0.3 is 14.2 Å². The second kappa shape index (κ2) is 10.2. The molecule has 1 saturated heterocycles. The van der Waals surface area contributed by atoms with Gasteiger partial charge >= 0.3 is 6.18 Å². The topological polar surface area (TPSA) is 91.9 Å². The zero-order chi connectivity index (χ0) is 26.0. The number of piperazine rings is 1. The molecule has 0 spiro atoms. The van der Waals surface area contributed by atoms with Gasteiger partial charge in [0.1, 0.15) is 11.4 Å². The number of carbonyl (C=O) groups excluding carboxylic acids is 1. The number of rotatable bonds is 4. The van der Waals surface area contributed by atoms with Gasteiger partial charge in [-0.1, -0.05) is 23.7 Å². The number of nitrogens with one attached hydrogen (secondary N) is 1. The third-order valence-electron chi connectivity index (χ3n) is 5.57. The molecule has 13 heteroatoms. The lowest BCUT2D eigenvalue weighted by Gasteiger charge is -2.37. The van der Waals surface area contributed by atoms with E-state index in [-0.39, 0.29) is 29.6 Å². The van der Waals surface area contributed by atoms with Crippen LogP contribution in [0.3, 0.4) is 0 Å². The van der Waals surface area contributed by atoms with Gasteiger partial charge in [0, 0.05) is 42.8 Å². The maximum Gasteiger partial charge on any atom is 0.416 e. The summed E-state index contributed by atoms with van der Waals surface area (Å²) in [6.07, 6.45) is -4.69. The minimum Gasteiger partial charge on any atom is -0.451 e. The quantitative estimate of drug-likeness (QED) is 0.271. The number of hydrogen-bond donors (Lipinski definition) is 1. The van der Waals surface area contributed by atoms with Gasteiger partial charge in [-0.15, -0.1) is 0 Å². The molecule has 1 amide bonds. The monoisotopic (exact) mass is 538 g/mol. The highest BCUT2D eigenvalue weighted by atomic mass is 35.5. The molecule has 0 radical (unpaired) electrons. The largest absolute Gasteiger partial charge is 0.451 e. The van der Waals surface area contributed by atoms with Crippen molar-refractivity contribution in [2.75, 3.05) is 31.1 Å². The molecule has 1 N–H and O–H groups in total. The van der Waals surface area contributed by atoms with Gasteiger partial charge in [-0.05, 0) is 48.6 Å². The van der Waals surface area contributed by atoms with Crippen molar-refractivity contribution in [1.82, 2.24) is 10.2 Å². The molecule has 3 aromatic rings. The lowest BCUT2D eigenvalue weighted by Crippen LogP contribution is -2.52. The van der Waals surface area contributed by atoms with E-state index in [1.165, 1.54) is 6.07 Å². The fourth-order valence-electron chi connectivity index (χ4n) is 3.76. The highest BCUT2D eigenvalue weighted by Gasteiger charge is 2.34. The van der Waals surface area contributed by atoms with Gasteiger partial charge in [-0.25, -0.2) is 0 Å². The number of nitrogens with zero attached hydrogens (tertiary/aromatic N) is 3. The number of carbonyl (C=O) groups is 1. The van der Waals surface area contributed by atoms with E-state index in [4.69, 9.17) is 28.2 Å². The molecule has 36 heavy (non-hydrogen) atoms. The first kappa shape index (κ1) is 25.5. The molecular formula is C23H18ClF3N4O4S. The first-order valence-corrected chi connectivity index (χ1v) is 11.4. The van der Waals surface area contributed by atoms with E-state index in [1.807, 2.05) is 0 Å². The molecule has 8 nitrogen and oxygen atoms in total. The summed E-state index contributed by atoms with van der Waals surface area (Å²) in [4.78, 5) is 26.5. The lowest BCUT2D eigenvalue weighted by atomic mass is 10.1. The summed E-state index contributed by atoms with van der Waals surface area (Å²) >= 11 is 11.3. The van der Waals surface area contributed by atoms with Gasteiger partial charge in [0.2, 0.25) is 0 Å². The van der Waals surface area contributed by atoms with Crippen LogP contribution in [0, 0.1) is 10.1 Å². The van der Waals surface area contributed by atoms with Crippen LogP contribution in [0.5, 0.6) is 0 Å². The molecule has 0 atom stereocenters. The first-order chi connectivity index (χ1) is 17.0. The Kier molecular flexibility index (Phi) is 7.18. The second-order valence-corrected chi connectivity index (χ2v) is 8.69. The normalized spacial score (nSPS) is 14.0. The zero-order valence-electron chi connectivity index (χ0n) is 18.4. The smallest absolute Gasteiger partial charge is 0.416 e. The lowest BCUT2D eigenvalue weighted by molar-refractivity contribution is -0.384. The zero-order valence-corrected chi connectivity index (χ0v) is 20.0. The van der Waals surface area contributed by atoms with Gasteiger partial charge in [-0.3, -0.25) is 20.2 Å². The molecule has 2 heterocycles. The summed E-state index contributed by atoms with van der Waals surface area (Å²) < 4.78 is 44.5. The maximum atomic E-state index is 13.0. The number of anilines is 1. The third-order valence-corrected chi connectivity index (χ3v) is 6.16. The molecule has 1 aliphatic heterocycles. The Labute approximate surface area is 213 Å². The van der Waals surface area contributed by atoms with Crippen molar-refractivity contribution in [3.63, 3.8) is 0 Å². The average Bonchev–Trinajstić information content (AvgIpc) is 3.34. The van der Waals surface area contributed by atoms with Crippen LogP contribution >= 0.6 is 23.8 Å². The van der Waals surface area contributed by atoms with Crippen LogP contribution < -0.4 is 10.2 Å². The van der Waals surface area contributed by atoms with E-state index in [9.17, 15) is 28.1 Å². The molecule has 0 unspecified atom stereocenters. The highest BCUT2D eigenvalue weighted by molar-refractivity contribution is 7.80. The molecule has 188 valence electrons. The number of nitro benzene ring substituents is 1. The highest BCUT2D eigenvalue weighted by Crippen LogP contribution is 2.36. The summed E-state index contributed by atoms with van der Waals surface area (Å²) in [6.45, 7) is 1.09. The number of amides is 1. The Bertz CT molecular complexity index is 1320. The summed E-state index contributed by atoms with van der Waals surface area (Å²) in [6, 6.07) is 12.6. The van der Waals surface area contributed by atoms with Gasteiger partial charge in [0.25, 0.3) is 11.6 Å². The molecule has 0 bridgehead atoms. The molecule has 0 aliphatic carbocycles. The minimum atomic E-state index is -4.69. The average molecular weight is 539 g/mol. The fourth-order valence-corrected chi connectivity index (χ4v) is 4.22. The molecular weight excluding hydrogens is 521 g/mol. The van der Waals surface area contributed by atoms with Crippen LogP contribution in [0.25, 0.3) is 11.3 Å². The summed E-state index contributed by atoms with van der Waals surface area (Å²) in [5.74, 6) is -0.0410. The van der Waals surface area contributed by atoms with Gasteiger partial charge in [0.15, 0.2) is 10.9 Å². The Morgan fingerprint density at radius 2 is 1.81 bits per heavy atom. The van der Waals surface area contributed by atoms with Crippen molar-refractivity contribution in [3.05, 3.63) is 81.1 Å². The predicted octanol–water partition coefficient (Wildman–Crippen LogP) is 5.36. The number of halogens is 4. The van der Waals surface area contributed by atoms with Gasteiger partial charge in [0.05, 0.1) is 10.5 Å². The van der Waals surface area contributed by atoms with Crippen LogP contribution in [0.4, 0.5) is 24.5 Å². The number of nitro groups is 1. The molecule has 1 fully saturated rings. The Morgan fingerprint density at radius 1 is 1.08 bits per heavy atom. The van der Waals surface area contributed by atoms with Crippen LogP contribution in [-0.2, 0) is 6.18 Å².